The molecule has 5 heteroatoms. The van der Waals surface area contributed by atoms with Gasteiger partial charge < -0.3 is 9.67 Å². The molecular formula is C12H16N2O2S. The molecule has 4 nitrogen and oxygen atoms in total. The maximum Gasteiger partial charge on any atom is 0.223 e. The molecule has 0 bridgehead atoms. The van der Waals surface area contributed by atoms with Crippen molar-refractivity contribution in [3.8, 4) is 5.75 Å². The lowest BCUT2D eigenvalue weighted by Gasteiger charge is -2.13. The van der Waals surface area contributed by atoms with E-state index >= 15 is 0 Å². The zero-order chi connectivity index (χ0) is 12.3. The Balaban J connectivity index is 2.15. The minimum atomic E-state index is -0.300. The van der Waals surface area contributed by atoms with Crippen LogP contribution in [0, 0.1) is 0 Å². The summed E-state index contributed by atoms with van der Waals surface area (Å²) in [6, 6.07) is 1.41. The number of hydrogen-bond acceptors (Lipinski definition) is 4. The van der Waals surface area contributed by atoms with E-state index < -0.39 is 0 Å². The molecule has 0 amide bonds. The molecule has 0 radical (unpaired) electrons. The molecular weight excluding hydrogens is 236 g/mol. The van der Waals surface area contributed by atoms with E-state index in [0.29, 0.717) is 12.1 Å². The fourth-order valence-corrected chi connectivity index (χ4v) is 2.77. The zero-order valence-corrected chi connectivity index (χ0v) is 10.7. The average molecular weight is 252 g/mol. The second-order valence-electron chi connectivity index (χ2n) is 3.90. The number of hydrogen-bond donors (Lipinski definition) is 1. The monoisotopic (exact) mass is 252 g/mol. The standard InChI is InChI=1S/C12H16N2O2S/c1-2-9-12(16)10(15)3-6-14(9)7-4-11-13-5-8-17-11/h3,6,16H,2,4-5,7-8H2,1H3. The van der Waals surface area contributed by atoms with E-state index in [1.807, 2.05) is 11.5 Å². The molecule has 2 rings (SSSR count). The Labute approximate surface area is 104 Å². The van der Waals surface area contributed by atoms with Crippen LogP contribution in [0.2, 0.25) is 0 Å². The van der Waals surface area contributed by atoms with Gasteiger partial charge in [-0.25, -0.2) is 0 Å². The summed E-state index contributed by atoms with van der Waals surface area (Å²) in [6.45, 7) is 3.62. The van der Waals surface area contributed by atoms with Gasteiger partial charge in [0.05, 0.1) is 10.7 Å². The highest BCUT2D eigenvalue weighted by molar-refractivity contribution is 8.14. The molecule has 1 N–H and O–H groups in total. The van der Waals surface area contributed by atoms with Crippen LogP contribution in [0.4, 0.5) is 0 Å². The van der Waals surface area contributed by atoms with E-state index in [0.717, 1.165) is 25.3 Å². The van der Waals surface area contributed by atoms with Crippen molar-refractivity contribution in [3.63, 3.8) is 0 Å². The molecule has 1 aliphatic rings. The van der Waals surface area contributed by atoms with Crippen molar-refractivity contribution in [2.24, 2.45) is 4.99 Å². The third kappa shape index (κ3) is 2.72. The Morgan fingerprint density at radius 3 is 3.06 bits per heavy atom. The smallest absolute Gasteiger partial charge is 0.223 e. The van der Waals surface area contributed by atoms with Crippen molar-refractivity contribution < 1.29 is 5.11 Å². The van der Waals surface area contributed by atoms with E-state index in [1.54, 1.807) is 18.0 Å². The van der Waals surface area contributed by atoms with Gasteiger partial charge >= 0.3 is 0 Å². The average Bonchev–Trinajstić information content (AvgIpc) is 2.83. The van der Waals surface area contributed by atoms with Gasteiger partial charge in [-0.05, 0) is 6.42 Å². The van der Waals surface area contributed by atoms with Gasteiger partial charge in [0, 0.05) is 37.5 Å². The molecule has 1 aliphatic heterocycles. The second-order valence-corrected chi connectivity index (χ2v) is 5.06. The predicted octanol–water partition coefficient (Wildman–Crippen LogP) is 1.65. The van der Waals surface area contributed by atoms with Crippen LogP contribution in [0.25, 0.3) is 0 Å². The zero-order valence-electron chi connectivity index (χ0n) is 9.85. The van der Waals surface area contributed by atoms with Crippen molar-refractivity contribution in [3.05, 3.63) is 28.2 Å². The summed E-state index contributed by atoms with van der Waals surface area (Å²) in [4.78, 5) is 15.7. The number of aromatic nitrogens is 1. The van der Waals surface area contributed by atoms with Gasteiger partial charge in [0.15, 0.2) is 5.75 Å². The van der Waals surface area contributed by atoms with Crippen molar-refractivity contribution in [2.45, 2.75) is 26.3 Å². The number of rotatable bonds is 4. The van der Waals surface area contributed by atoms with Crippen molar-refractivity contribution in [1.29, 1.82) is 0 Å². The molecule has 0 aromatic carbocycles. The summed E-state index contributed by atoms with van der Waals surface area (Å²) in [5.74, 6) is 0.960. The van der Waals surface area contributed by atoms with Gasteiger partial charge in [-0.2, -0.15) is 0 Å². The Kier molecular flexibility index (Phi) is 3.89. The van der Waals surface area contributed by atoms with E-state index in [4.69, 9.17) is 0 Å². The maximum atomic E-state index is 11.3. The summed E-state index contributed by atoms with van der Waals surface area (Å²) >= 11 is 1.79. The number of thioether (sulfide) groups is 1. The highest BCUT2D eigenvalue weighted by Gasteiger charge is 2.10. The van der Waals surface area contributed by atoms with Gasteiger partial charge in [0.2, 0.25) is 5.43 Å². The van der Waals surface area contributed by atoms with Crippen LogP contribution in [0.15, 0.2) is 22.1 Å². The third-order valence-corrected chi connectivity index (χ3v) is 3.86. The molecule has 2 heterocycles. The normalized spacial score (nSPS) is 15.0. The largest absolute Gasteiger partial charge is 0.503 e. The lowest BCUT2D eigenvalue weighted by molar-refractivity contribution is 0.449. The third-order valence-electron chi connectivity index (χ3n) is 2.81. The maximum absolute atomic E-state index is 11.3. The number of nitrogens with zero attached hydrogens (tertiary/aromatic N) is 2. The minimum absolute atomic E-state index is 0.115. The molecule has 0 atom stereocenters. The Morgan fingerprint density at radius 2 is 2.41 bits per heavy atom. The van der Waals surface area contributed by atoms with Crippen molar-refractivity contribution in [2.75, 3.05) is 12.3 Å². The Morgan fingerprint density at radius 1 is 1.59 bits per heavy atom. The first-order valence-electron chi connectivity index (χ1n) is 5.79. The molecule has 0 unspecified atom stereocenters. The van der Waals surface area contributed by atoms with Crippen molar-refractivity contribution >= 4 is 16.8 Å². The molecule has 0 saturated heterocycles. The lowest BCUT2D eigenvalue weighted by atomic mass is 10.2. The summed E-state index contributed by atoms with van der Waals surface area (Å²) in [5, 5.41) is 10.9. The van der Waals surface area contributed by atoms with Crippen molar-refractivity contribution in [1.82, 2.24) is 4.57 Å². The summed E-state index contributed by atoms with van der Waals surface area (Å²) in [6.07, 6.45) is 3.28. The SMILES string of the molecule is CCc1c(O)c(=O)ccn1CCC1=NCCS1. The fourth-order valence-electron chi connectivity index (χ4n) is 1.93. The first kappa shape index (κ1) is 12.2. The molecule has 0 saturated carbocycles. The van der Waals surface area contributed by atoms with E-state index in [1.165, 1.54) is 11.1 Å². The quantitative estimate of drug-likeness (QED) is 0.886. The topological polar surface area (TPSA) is 54.6 Å². The van der Waals surface area contributed by atoms with E-state index in [-0.39, 0.29) is 11.2 Å². The summed E-state index contributed by atoms with van der Waals surface area (Å²) < 4.78 is 1.94. The van der Waals surface area contributed by atoms with Crippen LogP contribution in [-0.4, -0.2) is 27.0 Å². The van der Waals surface area contributed by atoms with Gasteiger partial charge in [-0.1, -0.05) is 6.92 Å². The molecule has 0 spiro atoms. The van der Waals surface area contributed by atoms with Gasteiger partial charge in [-0.15, -0.1) is 11.8 Å². The van der Waals surface area contributed by atoms with Gasteiger partial charge in [0.25, 0.3) is 0 Å². The van der Waals surface area contributed by atoms with E-state index in [9.17, 15) is 9.90 Å². The molecule has 0 fully saturated rings. The molecule has 17 heavy (non-hydrogen) atoms. The highest BCUT2D eigenvalue weighted by Crippen LogP contribution is 2.17. The van der Waals surface area contributed by atoms with Crippen LogP contribution in [0.1, 0.15) is 19.0 Å². The van der Waals surface area contributed by atoms with Crippen LogP contribution in [-0.2, 0) is 13.0 Å². The Hall–Kier alpha value is -1.23. The number of pyridine rings is 1. The highest BCUT2D eigenvalue weighted by atomic mass is 32.2. The summed E-state index contributed by atoms with van der Waals surface area (Å²) in [7, 11) is 0. The van der Waals surface area contributed by atoms with Gasteiger partial charge in [0.1, 0.15) is 0 Å². The lowest BCUT2D eigenvalue weighted by Crippen LogP contribution is -2.13. The molecule has 1 aromatic heterocycles. The number of aromatic hydroxyl groups is 1. The predicted molar refractivity (Wildman–Crippen MR) is 71.1 cm³/mol. The first-order valence-corrected chi connectivity index (χ1v) is 6.78. The van der Waals surface area contributed by atoms with Crippen LogP contribution in [0.5, 0.6) is 5.75 Å². The Bertz CT molecular complexity index is 494. The van der Waals surface area contributed by atoms with E-state index in [2.05, 4.69) is 4.99 Å². The first-order chi connectivity index (χ1) is 8.22. The molecule has 92 valence electrons. The minimum Gasteiger partial charge on any atom is -0.503 e. The van der Waals surface area contributed by atoms with Gasteiger partial charge in [-0.3, -0.25) is 9.79 Å². The molecule has 1 aromatic rings. The number of aryl methyl sites for hydroxylation is 1. The summed E-state index contributed by atoms with van der Waals surface area (Å²) in [5.41, 5.74) is 0.409. The van der Waals surface area contributed by atoms with Crippen LogP contribution < -0.4 is 5.43 Å². The molecule has 0 aliphatic carbocycles. The second kappa shape index (κ2) is 5.40. The van der Waals surface area contributed by atoms with Crippen LogP contribution in [0.3, 0.4) is 0 Å². The number of aliphatic imine (C=N–C) groups is 1. The fraction of sp³-hybridized carbons (Fsp3) is 0.500. The van der Waals surface area contributed by atoms with Crippen LogP contribution >= 0.6 is 11.8 Å².